The molecule has 3 aromatic rings. The molecular formula is C26H27F3N4O4. The molecule has 1 aliphatic rings. The lowest BCUT2D eigenvalue weighted by molar-refractivity contribution is -0.141. The fraction of sp³-hybridized carbons (Fsp3) is 0.346. The maximum absolute atomic E-state index is 13.6. The topological polar surface area (TPSA) is 85.7 Å². The van der Waals surface area contributed by atoms with Gasteiger partial charge in [0.2, 0.25) is 0 Å². The Kier molecular flexibility index (Phi) is 7.15. The van der Waals surface area contributed by atoms with Crippen molar-refractivity contribution in [3.63, 3.8) is 0 Å². The molecule has 0 aliphatic carbocycles. The van der Waals surface area contributed by atoms with Crippen molar-refractivity contribution in [3.05, 3.63) is 72.1 Å². The summed E-state index contributed by atoms with van der Waals surface area (Å²) in [6.07, 6.45) is -3.75. The number of aromatic nitrogens is 2. The zero-order valence-electron chi connectivity index (χ0n) is 20.6. The van der Waals surface area contributed by atoms with Crippen LogP contribution < -0.4 is 10.1 Å². The normalized spacial score (nSPS) is 15.9. The summed E-state index contributed by atoms with van der Waals surface area (Å²) < 4.78 is 53.1. The average Bonchev–Trinajstić information content (AvgIpc) is 3.48. The molecule has 1 aliphatic heterocycles. The molecule has 0 spiro atoms. The van der Waals surface area contributed by atoms with Gasteiger partial charge in [-0.1, -0.05) is 18.2 Å². The van der Waals surface area contributed by atoms with E-state index in [2.05, 4.69) is 10.4 Å². The Balaban J connectivity index is 1.40. The van der Waals surface area contributed by atoms with Crippen molar-refractivity contribution in [1.29, 1.82) is 0 Å². The number of halogens is 3. The summed E-state index contributed by atoms with van der Waals surface area (Å²) in [5.74, 6) is -0.436. The molecule has 0 saturated carbocycles. The van der Waals surface area contributed by atoms with Gasteiger partial charge in [-0.2, -0.15) is 18.3 Å². The van der Waals surface area contributed by atoms with Gasteiger partial charge in [0.1, 0.15) is 17.5 Å². The molecule has 2 amide bonds. The van der Waals surface area contributed by atoms with Crippen molar-refractivity contribution in [2.24, 2.45) is 0 Å². The van der Waals surface area contributed by atoms with Crippen molar-refractivity contribution >= 4 is 17.7 Å². The molecule has 0 unspecified atom stereocenters. The van der Waals surface area contributed by atoms with Crippen LogP contribution in [0.2, 0.25) is 0 Å². The molecule has 0 bridgehead atoms. The third-order valence-electron chi connectivity index (χ3n) is 5.46. The number of para-hydroxylation sites is 1. The molecule has 2 aromatic carbocycles. The highest BCUT2D eigenvalue weighted by Crippen LogP contribution is 2.32. The molecule has 8 nitrogen and oxygen atoms in total. The van der Waals surface area contributed by atoms with E-state index in [0.29, 0.717) is 36.6 Å². The van der Waals surface area contributed by atoms with E-state index in [0.717, 1.165) is 10.9 Å². The third kappa shape index (κ3) is 6.60. The molecule has 4 rings (SSSR count). The zero-order chi connectivity index (χ0) is 26.8. The van der Waals surface area contributed by atoms with Crippen LogP contribution in [-0.4, -0.2) is 51.5 Å². The molecular weight excluding hydrogens is 489 g/mol. The lowest BCUT2D eigenvalue weighted by Crippen LogP contribution is -2.36. The molecule has 196 valence electrons. The fourth-order valence-electron chi connectivity index (χ4n) is 3.79. The van der Waals surface area contributed by atoms with E-state index < -0.39 is 35.0 Å². The largest absolute Gasteiger partial charge is 0.489 e. The van der Waals surface area contributed by atoms with Gasteiger partial charge in [-0.3, -0.25) is 4.79 Å². The molecule has 1 atom stereocenters. The average molecular weight is 517 g/mol. The van der Waals surface area contributed by atoms with E-state index in [1.54, 1.807) is 68.1 Å². The van der Waals surface area contributed by atoms with Gasteiger partial charge in [0, 0.05) is 24.8 Å². The number of benzene rings is 2. The van der Waals surface area contributed by atoms with Crippen molar-refractivity contribution in [2.75, 3.05) is 18.4 Å². The number of nitrogens with one attached hydrogen (secondary N) is 1. The minimum Gasteiger partial charge on any atom is -0.489 e. The smallest absolute Gasteiger partial charge is 0.435 e. The van der Waals surface area contributed by atoms with Crippen LogP contribution in [0.4, 0.5) is 23.7 Å². The predicted octanol–water partition coefficient (Wildman–Crippen LogP) is 5.53. The molecule has 37 heavy (non-hydrogen) atoms. The van der Waals surface area contributed by atoms with Crippen LogP contribution in [0.25, 0.3) is 5.69 Å². The first-order chi connectivity index (χ1) is 17.4. The molecule has 2 heterocycles. The van der Waals surface area contributed by atoms with E-state index in [-0.39, 0.29) is 6.10 Å². The first kappa shape index (κ1) is 26.1. The van der Waals surface area contributed by atoms with Gasteiger partial charge in [0.25, 0.3) is 5.91 Å². The standard InChI is InChI=1S/C26H27F3N4O4/c1-25(2,3)37-24(35)32-14-13-20(15-32)36-19-11-9-17(10-12-19)30-23(34)21-16-33(18-7-5-4-6-8-18)31-22(21)26(27,28)29/h4-12,16,20H,13-15H2,1-3H3,(H,30,34)/t20-/m0/s1. The minimum absolute atomic E-state index is 0.230. The van der Waals surface area contributed by atoms with E-state index in [4.69, 9.17) is 9.47 Å². The van der Waals surface area contributed by atoms with Crippen molar-refractivity contribution < 1.29 is 32.2 Å². The van der Waals surface area contributed by atoms with E-state index in [1.165, 1.54) is 12.1 Å². The third-order valence-corrected chi connectivity index (χ3v) is 5.46. The van der Waals surface area contributed by atoms with Crippen molar-refractivity contribution in [1.82, 2.24) is 14.7 Å². The first-order valence-electron chi connectivity index (χ1n) is 11.7. The number of anilines is 1. The summed E-state index contributed by atoms with van der Waals surface area (Å²) in [5, 5.41) is 6.08. The van der Waals surface area contributed by atoms with E-state index in [1.807, 2.05) is 0 Å². The Morgan fingerprint density at radius 1 is 1.03 bits per heavy atom. The first-order valence-corrected chi connectivity index (χ1v) is 11.7. The second-order valence-electron chi connectivity index (χ2n) is 9.60. The van der Waals surface area contributed by atoms with Crippen LogP contribution in [0.15, 0.2) is 60.8 Å². The Bertz CT molecular complexity index is 1250. The van der Waals surface area contributed by atoms with Gasteiger partial charge in [-0.15, -0.1) is 0 Å². The van der Waals surface area contributed by atoms with Crippen LogP contribution in [0.3, 0.4) is 0 Å². The molecule has 1 saturated heterocycles. The second-order valence-corrected chi connectivity index (χ2v) is 9.60. The monoisotopic (exact) mass is 516 g/mol. The van der Waals surface area contributed by atoms with Gasteiger partial charge in [-0.05, 0) is 57.2 Å². The lowest BCUT2D eigenvalue weighted by Gasteiger charge is -2.24. The van der Waals surface area contributed by atoms with Crippen molar-refractivity contribution in [2.45, 2.75) is 45.1 Å². The Hall–Kier alpha value is -4.02. The number of likely N-dealkylation sites (tertiary alicyclic amines) is 1. The number of amides is 2. The summed E-state index contributed by atoms with van der Waals surface area (Å²) >= 11 is 0. The Morgan fingerprint density at radius 3 is 2.32 bits per heavy atom. The Morgan fingerprint density at radius 2 is 1.70 bits per heavy atom. The highest BCUT2D eigenvalue weighted by atomic mass is 19.4. The van der Waals surface area contributed by atoms with Gasteiger partial charge in [0.15, 0.2) is 5.69 Å². The zero-order valence-corrected chi connectivity index (χ0v) is 20.6. The Labute approximate surface area is 212 Å². The number of carbonyl (C=O) groups excluding carboxylic acids is 2. The van der Waals surface area contributed by atoms with Crippen LogP contribution in [0.5, 0.6) is 5.75 Å². The highest BCUT2D eigenvalue weighted by Gasteiger charge is 2.39. The number of carbonyl (C=O) groups is 2. The molecule has 0 radical (unpaired) electrons. The number of nitrogens with zero attached hydrogens (tertiary/aromatic N) is 3. The maximum atomic E-state index is 13.6. The predicted molar refractivity (Wildman–Crippen MR) is 130 cm³/mol. The number of ether oxygens (including phenoxy) is 2. The summed E-state index contributed by atoms with van der Waals surface area (Å²) in [7, 11) is 0. The molecule has 1 aromatic heterocycles. The maximum Gasteiger partial charge on any atom is 0.435 e. The minimum atomic E-state index is -4.81. The fourth-order valence-corrected chi connectivity index (χ4v) is 3.79. The van der Waals surface area contributed by atoms with Gasteiger partial charge in [-0.25, -0.2) is 9.48 Å². The number of alkyl halides is 3. The number of hydrogen-bond acceptors (Lipinski definition) is 5. The molecule has 1 fully saturated rings. The second kappa shape index (κ2) is 10.2. The highest BCUT2D eigenvalue weighted by molar-refractivity contribution is 6.05. The van der Waals surface area contributed by atoms with Crippen LogP contribution in [0, 0.1) is 0 Å². The summed E-state index contributed by atoms with van der Waals surface area (Å²) in [6, 6.07) is 14.5. The van der Waals surface area contributed by atoms with Gasteiger partial charge >= 0.3 is 12.3 Å². The van der Waals surface area contributed by atoms with E-state index in [9.17, 15) is 22.8 Å². The summed E-state index contributed by atoms with van der Waals surface area (Å²) in [4.78, 5) is 26.5. The van der Waals surface area contributed by atoms with Gasteiger partial charge in [0.05, 0.1) is 17.8 Å². The lowest BCUT2D eigenvalue weighted by atomic mass is 10.2. The molecule has 1 N–H and O–H groups in total. The van der Waals surface area contributed by atoms with Crippen LogP contribution in [0.1, 0.15) is 43.2 Å². The number of rotatable bonds is 5. The van der Waals surface area contributed by atoms with Crippen LogP contribution in [-0.2, 0) is 10.9 Å². The molecule has 11 heteroatoms. The summed E-state index contributed by atoms with van der Waals surface area (Å²) in [6.45, 7) is 6.28. The quantitative estimate of drug-likeness (QED) is 0.482. The van der Waals surface area contributed by atoms with Gasteiger partial charge < -0.3 is 19.7 Å². The van der Waals surface area contributed by atoms with E-state index >= 15 is 0 Å². The summed E-state index contributed by atoms with van der Waals surface area (Å²) in [5.41, 5.74) is -1.77. The number of hydrogen-bond donors (Lipinski definition) is 1. The van der Waals surface area contributed by atoms with Crippen molar-refractivity contribution in [3.8, 4) is 11.4 Å². The SMILES string of the molecule is CC(C)(C)OC(=O)N1CC[C@H](Oc2ccc(NC(=O)c3cn(-c4ccccc4)nc3C(F)(F)F)cc2)C1. The van der Waals surface area contributed by atoms with Crippen LogP contribution >= 0.6 is 0 Å².